The largest absolute Gasteiger partial charge is 1.00 e. The summed E-state index contributed by atoms with van der Waals surface area (Å²) in [6.07, 6.45) is 17.7. The molecule has 0 atom stereocenters. The molecule has 0 saturated heterocycles. The Labute approximate surface area is 335 Å². The molecule has 0 aliphatic heterocycles. The maximum absolute atomic E-state index is 5.98. The second-order valence-electron chi connectivity index (χ2n) is 15.2. The van der Waals surface area contributed by atoms with Crippen LogP contribution in [0, 0.1) is 11.5 Å². The summed E-state index contributed by atoms with van der Waals surface area (Å²) in [6, 6.07) is 27.7. The molecule has 0 nitrogen and oxygen atoms in total. The quantitative estimate of drug-likeness (QED) is 0.166. The molecule has 3 aliphatic rings. The van der Waals surface area contributed by atoms with Crippen molar-refractivity contribution in [2.24, 2.45) is 5.41 Å². The Morgan fingerprint density at radius 1 is 0.720 bits per heavy atom. The minimum absolute atomic E-state index is 0. The Kier molecular flexibility index (Phi) is 12.7. The van der Waals surface area contributed by atoms with Crippen molar-refractivity contribution in [3.05, 3.63) is 158 Å². The number of fused-ring (bicyclic) bond motifs is 5. The Morgan fingerprint density at radius 3 is 1.54 bits per heavy atom. The normalized spacial score (nSPS) is 15.6. The number of rotatable bonds is 2. The predicted octanol–water partition coefficient (Wildman–Crippen LogP) is 7.16. The van der Waals surface area contributed by atoms with Crippen molar-refractivity contribution in [1.29, 1.82) is 0 Å². The van der Waals surface area contributed by atoms with Gasteiger partial charge < -0.3 is 24.8 Å². The van der Waals surface area contributed by atoms with E-state index in [9.17, 15) is 0 Å². The van der Waals surface area contributed by atoms with Crippen molar-refractivity contribution in [1.82, 2.24) is 0 Å². The Balaban J connectivity index is 0.000000182. The van der Waals surface area contributed by atoms with Crippen LogP contribution < -0.4 is 24.8 Å². The van der Waals surface area contributed by atoms with Gasteiger partial charge in [-0.25, -0.2) is 6.08 Å². The number of hydrogen-bond acceptors (Lipinski definition) is 0. The molecule has 0 aromatic heterocycles. The summed E-state index contributed by atoms with van der Waals surface area (Å²) in [5.41, 5.74) is 10.0. The summed E-state index contributed by atoms with van der Waals surface area (Å²) < 4.78 is 1.26. The third-order valence-electron chi connectivity index (χ3n) is 9.58. The van der Waals surface area contributed by atoms with Gasteiger partial charge in [0.2, 0.25) is 0 Å². The first kappa shape index (κ1) is 40.4. The minimum atomic E-state index is 0. The van der Waals surface area contributed by atoms with Crippen molar-refractivity contribution < 1.29 is 49.0 Å². The zero-order valence-electron chi connectivity index (χ0n) is 29.7. The van der Waals surface area contributed by atoms with Crippen LogP contribution >= 0.6 is 23.2 Å². The van der Waals surface area contributed by atoms with Gasteiger partial charge in [0.15, 0.2) is 0 Å². The molecule has 5 aromatic carbocycles. The number of allylic oxidation sites excluding steroid dienone is 6. The van der Waals surface area contributed by atoms with Gasteiger partial charge >= 0.3 is 120 Å². The van der Waals surface area contributed by atoms with Crippen LogP contribution in [-0.4, -0.2) is 3.21 Å². The summed E-state index contributed by atoms with van der Waals surface area (Å²) in [4.78, 5) is 0. The number of benzene rings is 4. The maximum atomic E-state index is 5.98. The summed E-state index contributed by atoms with van der Waals surface area (Å²) in [5.74, 6) is 0. The van der Waals surface area contributed by atoms with Crippen LogP contribution in [-0.2, 0) is 35.1 Å². The van der Waals surface area contributed by atoms with E-state index >= 15 is 0 Å². The summed E-state index contributed by atoms with van der Waals surface area (Å²) in [5, 5.41) is 7.06. The van der Waals surface area contributed by atoms with Gasteiger partial charge in [-0.3, -0.25) is 6.08 Å². The van der Waals surface area contributed by atoms with E-state index in [1.165, 1.54) is 76.8 Å². The van der Waals surface area contributed by atoms with Crippen molar-refractivity contribution in [3.8, 4) is 0 Å². The van der Waals surface area contributed by atoms with E-state index < -0.39 is 0 Å². The van der Waals surface area contributed by atoms with Gasteiger partial charge in [-0.15, -0.1) is 46.2 Å². The maximum Gasteiger partial charge on any atom is -1.00 e. The molecule has 256 valence electrons. The Hall–Kier alpha value is -2.38. The van der Waals surface area contributed by atoms with Gasteiger partial charge in [-0.1, -0.05) is 101 Å². The first-order valence-corrected chi connectivity index (χ1v) is 18.6. The van der Waals surface area contributed by atoms with Crippen molar-refractivity contribution in [3.63, 3.8) is 0 Å². The molecular weight excluding hydrogens is 774 g/mol. The second-order valence-corrected chi connectivity index (χ2v) is 17.3. The topological polar surface area (TPSA) is 0 Å². The fourth-order valence-corrected chi connectivity index (χ4v) is 7.83. The van der Waals surface area contributed by atoms with Gasteiger partial charge in [0.05, 0.1) is 0 Å². The molecule has 8 rings (SSSR count). The van der Waals surface area contributed by atoms with E-state index in [0.717, 1.165) is 27.6 Å². The first-order chi connectivity index (χ1) is 22.6. The van der Waals surface area contributed by atoms with Crippen molar-refractivity contribution in [2.75, 3.05) is 0 Å². The van der Waals surface area contributed by atoms with E-state index in [1.54, 1.807) is 0 Å². The van der Waals surface area contributed by atoms with Crippen LogP contribution in [0.3, 0.4) is 0 Å². The molecule has 5 aromatic rings. The van der Waals surface area contributed by atoms with E-state index in [1.807, 2.05) is 36.4 Å². The zero-order chi connectivity index (χ0) is 34.4. The summed E-state index contributed by atoms with van der Waals surface area (Å²) in [7, 11) is 0. The second kappa shape index (κ2) is 15.7. The molecule has 0 bridgehead atoms. The molecular formula is C45H42Cl4Zr-2. The van der Waals surface area contributed by atoms with Crippen molar-refractivity contribution in [2.45, 2.75) is 65.7 Å². The van der Waals surface area contributed by atoms with Crippen molar-refractivity contribution >= 4 is 60.1 Å². The fourth-order valence-electron chi connectivity index (χ4n) is 6.68. The molecule has 50 heavy (non-hydrogen) atoms. The number of hydrogen-bond donors (Lipinski definition) is 0. The minimum Gasteiger partial charge on any atom is -1.00 e. The SMILES string of the molecule is CC(C)(C)C1=CC[C-]=C1.CC1(C)C=Cc2cc3c(cc21)[cH-]c1cc2c(cc13)C=CC2(C)C.Clc1cccc([C](=[Zr+2])c2cccc(Cl)c2)c1.[Cl-].[Cl-]. The molecule has 0 amide bonds. The summed E-state index contributed by atoms with van der Waals surface area (Å²) >= 11 is 13.3. The fraction of sp³-hybridized carbons (Fsp3) is 0.244. The van der Waals surface area contributed by atoms with Gasteiger partial charge in [0.1, 0.15) is 0 Å². The number of halogens is 4. The molecule has 0 heterocycles. The zero-order valence-corrected chi connectivity index (χ0v) is 35.2. The third kappa shape index (κ3) is 8.63. The molecule has 0 radical (unpaired) electrons. The average molecular weight is 816 g/mol. The van der Waals surface area contributed by atoms with Gasteiger partial charge in [0, 0.05) is 10.8 Å². The molecule has 0 spiro atoms. The molecule has 0 saturated carbocycles. The van der Waals surface area contributed by atoms with E-state index in [0.29, 0.717) is 5.41 Å². The van der Waals surface area contributed by atoms with Crippen LogP contribution in [0.1, 0.15) is 88.3 Å². The van der Waals surface area contributed by atoms with Gasteiger partial charge in [-0.05, 0) is 11.1 Å². The van der Waals surface area contributed by atoms with Crippen LogP contribution in [0.2, 0.25) is 10.0 Å². The first-order valence-electron chi connectivity index (χ1n) is 16.6. The molecule has 3 aliphatic carbocycles. The summed E-state index contributed by atoms with van der Waals surface area (Å²) in [6.45, 7) is 15.9. The monoisotopic (exact) mass is 812 g/mol. The third-order valence-corrected chi connectivity index (χ3v) is 11.5. The van der Waals surface area contributed by atoms with E-state index in [2.05, 4.69) is 133 Å². The molecule has 5 heteroatoms. The van der Waals surface area contributed by atoms with Crippen LogP contribution in [0.4, 0.5) is 0 Å². The van der Waals surface area contributed by atoms with Crippen LogP contribution in [0.15, 0.2) is 109 Å². The predicted molar refractivity (Wildman–Crippen MR) is 207 cm³/mol. The molecule has 0 fully saturated rings. The Morgan fingerprint density at radius 2 is 1.18 bits per heavy atom. The standard InChI is InChI=1S/C23H21.C13H8Cl2.C9H13.2ClH.Zr/c1-22(2)7-5-14-10-18-16(12-20(14)22)9-17-13-21-15(11-19(17)18)6-8-23(21,3)4;14-12-5-1-3-10(8-12)7-11-4-2-6-13(15)9-11;1-9(2,3)8-6-4-5-7-8;;;/h5-13H,1-4H3;1-6,8-9H;6-7H,4H2,1-3H3;2*1H;/q-1;;-1;;;+2/p-2. The van der Waals surface area contributed by atoms with Gasteiger partial charge in [-0.2, -0.15) is 11.6 Å². The average Bonchev–Trinajstić information content (AvgIpc) is 3.82. The molecule has 0 N–H and O–H groups in total. The van der Waals surface area contributed by atoms with E-state index in [-0.39, 0.29) is 35.6 Å². The van der Waals surface area contributed by atoms with E-state index in [4.69, 9.17) is 23.2 Å². The van der Waals surface area contributed by atoms with Crippen LogP contribution in [0.5, 0.6) is 0 Å². The van der Waals surface area contributed by atoms with Crippen LogP contribution in [0.25, 0.3) is 33.7 Å². The van der Waals surface area contributed by atoms with Gasteiger partial charge in [0.25, 0.3) is 0 Å². The smallest absolute Gasteiger partial charge is 1.00 e. The molecule has 0 unspecified atom stereocenters. The Bertz CT molecular complexity index is 2050.